The summed E-state index contributed by atoms with van der Waals surface area (Å²) in [5.41, 5.74) is 6.94. The van der Waals surface area contributed by atoms with Crippen molar-refractivity contribution in [1.29, 1.82) is 0 Å². The second-order valence-corrected chi connectivity index (χ2v) is 4.59. The Kier molecular flexibility index (Phi) is 3.43. The number of hydrogen-bond donors (Lipinski definition) is 2. The van der Waals surface area contributed by atoms with Gasteiger partial charge in [-0.1, -0.05) is 12.1 Å². The number of hydrogen-bond acceptors (Lipinski definition) is 2. The summed E-state index contributed by atoms with van der Waals surface area (Å²) >= 11 is 0. The van der Waals surface area contributed by atoms with E-state index in [2.05, 4.69) is 5.32 Å². The molecule has 17 heavy (non-hydrogen) atoms. The highest BCUT2D eigenvalue weighted by molar-refractivity contribution is 5.77. The summed E-state index contributed by atoms with van der Waals surface area (Å²) in [6.07, 6.45) is 1.74. The Morgan fingerprint density at radius 2 is 2.29 bits per heavy atom. The molecule has 1 aromatic carbocycles. The van der Waals surface area contributed by atoms with Crippen molar-refractivity contribution in [2.45, 2.75) is 25.8 Å². The van der Waals surface area contributed by atoms with Crippen LogP contribution in [0.2, 0.25) is 0 Å². The van der Waals surface area contributed by atoms with Crippen LogP contribution in [-0.4, -0.2) is 12.5 Å². The van der Waals surface area contributed by atoms with E-state index in [4.69, 9.17) is 5.73 Å². The fraction of sp³-hybridized carbons (Fsp3) is 0.462. The first-order valence-electron chi connectivity index (χ1n) is 5.88. The lowest BCUT2D eigenvalue weighted by molar-refractivity contribution is -0.123. The number of rotatable bonds is 2. The molecule has 0 aromatic heterocycles. The van der Waals surface area contributed by atoms with Gasteiger partial charge in [-0.15, -0.1) is 0 Å². The molecule has 4 heteroatoms. The number of benzene rings is 1. The van der Waals surface area contributed by atoms with E-state index < -0.39 is 0 Å². The normalized spacial score (nSPS) is 24.6. The van der Waals surface area contributed by atoms with Gasteiger partial charge >= 0.3 is 0 Å². The van der Waals surface area contributed by atoms with Crippen molar-refractivity contribution >= 4 is 5.91 Å². The molecule has 0 spiro atoms. The zero-order valence-corrected chi connectivity index (χ0v) is 9.87. The fourth-order valence-electron chi connectivity index (χ4n) is 2.41. The average Bonchev–Trinajstić information content (AvgIpc) is 2.32. The molecular formula is C13H17FN2O. The largest absolute Gasteiger partial charge is 0.369 e. The highest BCUT2D eigenvalue weighted by atomic mass is 19.1. The average molecular weight is 236 g/mol. The Balaban J connectivity index is 2.29. The third-order valence-electron chi connectivity index (χ3n) is 3.37. The van der Waals surface area contributed by atoms with Crippen LogP contribution in [0, 0.1) is 18.7 Å². The van der Waals surface area contributed by atoms with Crippen molar-refractivity contribution in [3.63, 3.8) is 0 Å². The van der Waals surface area contributed by atoms with Crippen LogP contribution in [0.4, 0.5) is 4.39 Å². The maximum atomic E-state index is 13.2. The molecule has 1 aromatic rings. The van der Waals surface area contributed by atoms with Crippen molar-refractivity contribution in [2.75, 3.05) is 6.54 Å². The molecular weight excluding hydrogens is 219 g/mol. The second kappa shape index (κ2) is 4.84. The SMILES string of the molecule is Cc1cc(C2NCCCC2C(N)=O)ccc1F. The van der Waals surface area contributed by atoms with Gasteiger partial charge in [0.25, 0.3) is 0 Å². The van der Waals surface area contributed by atoms with E-state index in [0.717, 1.165) is 24.9 Å². The van der Waals surface area contributed by atoms with E-state index in [1.807, 2.05) is 0 Å². The summed E-state index contributed by atoms with van der Waals surface area (Å²) in [5.74, 6) is -0.710. The van der Waals surface area contributed by atoms with Crippen molar-refractivity contribution < 1.29 is 9.18 Å². The van der Waals surface area contributed by atoms with E-state index in [9.17, 15) is 9.18 Å². The van der Waals surface area contributed by atoms with Gasteiger partial charge in [0.15, 0.2) is 0 Å². The van der Waals surface area contributed by atoms with Gasteiger partial charge in [-0.25, -0.2) is 4.39 Å². The molecule has 1 saturated heterocycles. The van der Waals surface area contributed by atoms with Crippen LogP contribution in [0.3, 0.4) is 0 Å². The molecule has 1 aliphatic rings. The lowest BCUT2D eigenvalue weighted by atomic mass is 9.85. The highest BCUT2D eigenvalue weighted by Gasteiger charge is 2.30. The van der Waals surface area contributed by atoms with Crippen LogP contribution < -0.4 is 11.1 Å². The van der Waals surface area contributed by atoms with Crippen LogP contribution in [0.5, 0.6) is 0 Å². The molecule has 0 aliphatic carbocycles. The molecule has 3 nitrogen and oxygen atoms in total. The Labute approximate surface area is 100 Å². The molecule has 1 amide bonds. The topological polar surface area (TPSA) is 55.1 Å². The molecule has 2 unspecified atom stereocenters. The first kappa shape index (κ1) is 12.0. The third-order valence-corrected chi connectivity index (χ3v) is 3.37. The minimum absolute atomic E-state index is 0.0828. The number of aryl methyl sites for hydroxylation is 1. The minimum atomic E-state index is -0.288. The lowest BCUT2D eigenvalue weighted by Gasteiger charge is -2.31. The van der Waals surface area contributed by atoms with Gasteiger partial charge in [-0.2, -0.15) is 0 Å². The zero-order valence-electron chi connectivity index (χ0n) is 9.87. The quantitative estimate of drug-likeness (QED) is 0.820. The maximum absolute atomic E-state index is 13.2. The van der Waals surface area contributed by atoms with Crippen molar-refractivity contribution in [3.8, 4) is 0 Å². The Bertz CT molecular complexity index is 433. The summed E-state index contributed by atoms with van der Waals surface area (Å²) in [7, 11) is 0. The first-order chi connectivity index (χ1) is 8.09. The number of carbonyl (C=O) groups excluding carboxylic acids is 1. The highest BCUT2D eigenvalue weighted by Crippen LogP contribution is 2.29. The second-order valence-electron chi connectivity index (χ2n) is 4.59. The van der Waals surface area contributed by atoms with Gasteiger partial charge in [0.1, 0.15) is 5.82 Å². The summed E-state index contributed by atoms with van der Waals surface area (Å²) in [6, 6.07) is 4.87. The standard InChI is InChI=1S/C13H17FN2O/c1-8-7-9(4-5-11(8)14)12-10(13(15)17)3-2-6-16-12/h4-5,7,10,12,16H,2-3,6H2,1H3,(H2,15,17). The van der Waals surface area contributed by atoms with Crippen LogP contribution in [0.15, 0.2) is 18.2 Å². The van der Waals surface area contributed by atoms with Crippen LogP contribution in [0.25, 0.3) is 0 Å². The molecule has 1 heterocycles. The third kappa shape index (κ3) is 2.47. The van der Waals surface area contributed by atoms with E-state index in [-0.39, 0.29) is 23.7 Å². The van der Waals surface area contributed by atoms with Gasteiger partial charge in [0.2, 0.25) is 5.91 Å². The smallest absolute Gasteiger partial charge is 0.222 e. The number of halogens is 1. The van der Waals surface area contributed by atoms with Crippen molar-refractivity contribution in [2.24, 2.45) is 11.7 Å². The number of amides is 1. The number of nitrogens with two attached hydrogens (primary N) is 1. The molecule has 92 valence electrons. The number of nitrogens with one attached hydrogen (secondary N) is 1. The van der Waals surface area contributed by atoms with Gasteiger partial charge in [0.05, 0.1) is 5.92 Å². The number of carbonyl (C=O) groups is 1. The van der Waals surface area contributed by atoms with Gasteiger partial charge < -0.3 is 11.1 Å². The minimum Gasteiger partial charge on any atom is -0.369 e. The van der Waals surface area contributed by atoms with E-state index in [1.54, 1.807) is 19.1 Å². The maximum Gasteiger partial charge on any atom is 0.222 e. The first-order valence-corrected chi connectivity index (χ1v) is 5.88. The predicted octanol–water partition coefficient (Wildman–Crippen LogP) is 1.66. The van der Waals surface area contributed by atoms with E-state index in [1.165, 1.54) is 6.07 Å². The molecule has 0 bridgehead atoms. The molecule has 1 fully saturated rings. The van der Waals surface area contributed by atoms with Gasteiger partial charge in [0, 0.05) is 6.04 Å². The molecule has 1 aliphatic heterocycles. The summed E-state index contributed by atoms with van der Waals surface area (Å²) < 4.78 is 13.2. The number of primary amides is 1. The number of piperidine rings is 1. The molecule has 2 atom stereocenters. The van der Waals surface area contributed by atoms with Crippen LogP contribution in [-0.2, 0) is 4.79 Å². The van der Waals surface area contributed by atoms with Crippen LogP contribution >= 0.6 is 0 Å². The van der Waals surface area contributed by atoms with E-state index >= 15 is 0 Å². The lowest BCUT2D eigenvalue weighted by Crippen LogP contribution is -2.41. The molecule has 2 rings (SSSR count). The Morgan fingerprint density at radius 1 is 1.53 bits per heavy atom. The molecule has 0 radical (unpaired) electrons. The Hall–Kier alpha value is -1.42. The van der Waals surface area contributed by atoms with Gasteiger partial charge in [-0.3, -0.25) is 4.79 Å². The Morgan fingerprint density at radius 3 is 2.94 bits per heavy atom. The fourth-order valence-corrected chi connectivity index (χ4v) is 2.41. The van der Waals surface area contributed by atoms with E-state index in [0.29, 0.717) is 5.56 Å². The summed E-state index contributed by atoms with van der Waals surface area (Å²) in [4.78, 5) is 11.4. The monoisotopic (exact) mass is 236 g/mol. The predicted molar refractivity (Wildman–Crippen MR) is 63.8 cm³/mol. The van der Waals surface area contributed by atoms with Crippen molar-refractivity contribution in [3.05, 3.63) is 35.1 Å². The van der Waals surface area contributed by atoms with Crippen molar-refractivity contribution in [1.82, 2.24) is 5.32 Å². The van der Waals surface area contributed by atoms with Crippen LogP contribution in [0.1, 0.15) is 30.0 Å². The molecule has 0 saturated carbocycles. The summed E-state index contributed by atoms with van der Waals surface area (Å²) in [5, 5.41) is 3.29. The van der Waals surface area contributed by atoms with Gasteiger partial charge in [-0.05, 0) is 43.5 Å². The summed E-state index contributed by atoms with van der Waals surface area (Å²) in [6.45, 7) is 2.59. The molecule has 3 N–H and O–H groups in total. The zero-order chi connectivity index (χ0) is 12.4.